The second kappa shape index (κ2) is 5.97. The summed E-state index contributed by atoms with van der Waals surface area (Å²) in [5.41, 5.74) is 2.00. The molecule has 1 aliphatic carbocycles. The summed E-state index contributed by atoms with van der Waals surface area (Å²) in [7, 11) is 0. The van der Waals surface area contributed by atoms with Gasteiger partial charge in [0, 0.05) is 6.54 Å². The fourth-order valence-electron chi connectivity index (χ4n) is 2.20. The fraction of sp³-hybridized carbons (Fsp3) is 0.467. The third-order valence-electron chi connectivity index (χ3n) is 3.50. The highest BCUT2D eigenvalue weighted by Gasteiger charge is 2.19. The number of benzene rings is 1. The lowest BCUT2D eigenvalue weighted by Crippen LogP contribution is -2.15. The molecule has 0 aliphatic heterocycles. The minimum atomic E-state index is 0.803. The number of hydrogen-bond acceptors (Lipinski definition) is 3. The molecule has 1 saturated carbocycles. The first-order chi connectivity index (χ1) is 9.42. The van der Waals surface area contributed by atoms with E-state index in [1.165, 1.54) is 25.7 Å². The molecule has 19 heavy (non-hydrogen) atoms. The predicted molar refractivity (Wildman–Crippen MR) is 75.0 cm³/mol. The molecular weight excluding hydrogens is 236 g/mol. The van der Waals surface area contributed by atoms with Gasteiger partial charge in [0.1, 0.15) is 0 Å². The van der Waals surface area contributed by atoms with Crippen molar-refractivity contribution >= 4 is 0 Å². The second-order valence-electron chi connectivity index (χ2n) is 5.22. The lowest BCUT2D eigenvalue weighted by atomic mass is 10.2. The lowest BCUT2D eigenvalue weighted by molar-refractivity contribution is 0.586. The zero-order valence-corrected chi connectivity index (χ0v) is 11.1. The van der Waals surface area contributed by atoms with Crippen molar-refractivity contribution in [2.45, 2.75) is 32.2 Å². The van der Waals surface area contributed by atoms with Gasteiger partial charge in [-0.15, -0.1) is 0 Å². The van der Waals surface area contributed by atoms with Gasteiger partial charge in [0.05, 0.1) is 17.6 Å². The van der Waals surface area contributed by atoms with Crippen LogP contribution in [0.2, 0.25) is 0 Å². The van der Waals surface area contributed by atoms with E-state index < -0.39 is 0 Å². The van der Waals surface area contributed by atoms with Gasteiger partial charge in [0.15, 0.2) is 0 Å². The number of hydrogen-bond donors (Lipinski definition) is 1. The van der Waals surface area contributed by atoms with Crippen molar-refractivity contribution in [3.63, 3.8) is 0 Å². The van der Waals surface area contributed by atoms with E-state index in [4.69, 9.17) is 0 Å². The van der Waals surface area contributed by atoms with Crippen molar-refractivity contribution in [1.82, 2.24) is 20.3 Å². The highest BCUT2D eigenvalue weighted by Crippen LogP contribution is 2.33. The Hall–Kier alpha value is -1.68. The lowest BCUT2D eigenvalue weighted by Gasteiger charge is -2.01. The maximum atomic E-state index is 4.47. The van der Waals surface area contributed by atoms with Crippen molar-refractivity contribution in [2.24, 2.45) is 5.92 Å². The Balaban J connectivity index is 1.45. The molecule has 3 rings (SSSR count). The zero-order chi connectivity index (χ0) is 12.9. The maximum Gasteiger partial charge on any atom is 0.0969 e. The third kappa shape index (κ3) is 3.64. The largest absolute Gasteiger partial charge is 0.311 e. The van der Waals surface area contributed by atoms with Crippen LogP contribution in [-0.2, 0) is 6.54 Å². The standard InChI is InChI=1S/C15H20N4/c1-2-6-15(7-3-1)19-17-12-14(18-19)11-16-10-4-5-13-8-9-13/h1-3,6-7,12-13,16H,4-5,8-11H2. The topological polar surface area (TPSA) is 42.7 Å². The fourth-order valence-corrected chi connectivity index (χ4v) is 2.20. The quantitative estimate of drug-likeness (QED) is 0.774. The first-order valence-electron chi connectivity index (χ1n) is 7.09. The minimum absolute atomic E-state index is 0.803. The van der Waals surface area contributed by atoms with Gasteiger partial charge in [0.25, 0.3) is 0 Å². The Morgan fingerprint density at radius 3 is 2.84 bits per heavy atom. The molecule has 1 heterocycles. The summed E-state index contributed by atoms with van der Waals surface area (Å²) in [6, 6.07) is 10.00. The molecular formula is C15H20N4. The van der Waals surface area contributed by atoms with Crippen LogP contribution in [-0.4, -0.2) is 21.5 Å². The van der Waals surface area contributed by atoms with Gasteiger partial charge in [-0.2, -0.15) is 15.0 Å². The predicted octanol–water partition coefficient (Wildman–Crippen LogP) is 2.55. The van der Waals surface area contributed by atoms with E-state index in [0.717, 1.165) is 30.4 Å². The average molecular weight is 256 g/mol. The molecule has 0 atom stereocenters. The molecule has 1 aliphatic rings. The van der Waals surface area contributed by atoms with Crippen molar-refractivity contribution in [3.8, 4) is 5.69 Å². The van der Waals surface area contributed by atoms with Gasteiger partial charge in [-0.1, -0.05) is 31.0 Å². The molecule has 0 bridgehead atoms. The first kappa shape index (κ1) is 12.4. The van der Waals surface area contributed by atoms with Gasteiger partial charge in [-0.3, -0.25) is 0 Å². The van der Waals surface area contributed by atoms with E-state index in [0.29, 0.717) is 0 Å². The minimum Gasteiger partial charge on any atom is -0.311 e. The summed E-state index contributed by atoms with van der Waals surface area (Å²) in [6.45, 7) is 1.88. The van der Waals surface area contributed by atoms with Gasteiger partial charge in [0.2, 0.25) is 0 Å². The van der Waals surface area contributed by atoms with Gasteiger partial charge >= 0.3 is 0 Å². The first-order valence-corrected chi connectivity index (χ1v) is 7.09. The van der Waals surface area contributed by atoms with E-state index in [1.54, 1.807) is 4.80 Å². The van der Waals surface area contributed by atoms with E-state index in [9.17, 15) is 0 Å². The highest BCUT2D eigenvalue weighted by molar-refractivity contribution is 5.28. The molecule has 100 valence electrons. The van der Waals surface area contributed by atoms with E-state index in [-0.39, 0.29) is 0 Å². The SMILES string of the molecule is c1ccc(-n2ncc(CNCCCC3CC3)n2)cc1. The van der Waals surface area contributed by atoms with Crippen LogP contribution in [0.1, 0.15) is 31.4 Å². The summed E-state index contributed by atoms with van der Waals surface area (Å²) < 4.78 is 0. The molecule has 0 unspecified atom stereocenters. The van der Waals surface area contributed by atoms with E-state index in [1.807, 2.05) is 36.5 Å². The van der Waals surface area contributed by atoms with Crippen molar-refractivity contribution in [1.29, 1.82) is 0 Å². The van der Waals surface area contributed by atoms with Crippen LogP contribution in [0, 0.1) is 5.92 Å². The Morgan fingerprint density at radius 2 is 2.05 bits per heavy atom. The van der Waals surface area contributed by atoms with Crippen LogP contribution in [0.15, 0.2) is 36.5 Å². The molecule has 1 fully saturated rings. The number of para-hydroxylation sites is 1. The van der Waals surface area contributed by atoms with Gasteiger partial charge in [-0.25, -0.2) is 0 Å². The molecule has 1 aromatic carbocycles. The van der Waals surface area contributed by atoms with Crippen LogP contribution >= 0.6 is 0 Å². The summed E-state index contributed by atoms with van der Waals surface area (Å²) in [6.07, 6.45) is 7.39. The molecule has 2 aromatic rings. The summed E-state index contributed by atoms with van der Waals surface area (Å²) >= 11 is 0. The molecule has 1 aromatic heterocycles. The monoisotopic (exact) mass is 256 g/mol. The van der Waals surface area contributed by atoms with Crippen LogP contribution < -0.4 is 5.32 Å². The molecule has 4 heteroatoms. The number of aromatic nitrogens is 3. The zero-order valence-electron chi connectivity index (χ0n) is 11.1. The Kier molecular flexibility index (Phi) is 3.89. The molecule has 0 saturated heterocycles. The van der Waals surface area contributed by atoms with Crippen LogP contribution in [0.5, 0.6) is 0 Å². The van der Waals surface area contributed by atoms with E-state index in [2.05, 4.69) is 15.5 Å². The van der Waals surface area contributed by atoms with Crippen LogP contribution in [0.25, 0.3) is 5.69 Å². The second-order valence-corrected chi connectivity index (χ2v) is 5.22. The van der Waals surface area contributed by atoms with Gasteiger partial charge in [-0.05, 0) is 37.4 Å². The third-order valence-corrected chi connectivity index (χ3v) is 3.50. The molecule has 0 spiro atoms. The smallest absolute Gasteiger partial charge is 0.0969 e. The summed E-state index contributed by atoms with van der Waals surface area (Å²) in [5.74, 6) is 1.03. The Morgan fingerprint density at radius 1 is 1.21 bits per heavy atom. The number of nitrogens with one attached hydrogen (secondary N) is 1. The average Bonchev–Trinajstić information content (AvgIpc) is 3.16. The maximum absolute atomic E-state index is 4.47. The van der Waals surface area contributed by atoms with Crippen LogP contribution in [0.4, 0.5) is 0 Å². The van der Waals surface area contributed by atoms with E-state index >= 15 is 0 Å². The van der Waals surface area contributed by atoms with Crippen molar-refractivity contribution in [3.05, 3.63) is 42.2 Å². The number of rotatable bonds is 7. The molecule has 0 radical (unpaired) electrons. The Bertz CT molecular complexity index is 502. The number of nitrogens with zero attached hydrogens (tertiary/aromatic N) is 3. The van der Waals surface area contributed by atoms with Crippen molar-refractivity contribution in [2.75, 3.05) is 6.54 Å². The molecule has 0 amide bonds. The van der Waals surface area contributed by atoms with Gasteiger partial charge < -0.3 is 5.32 Å². The highest BCUT2D eigenvalue weighted by atomic mass is 15.5. The molecule has 1 N–H and O–H groups in total. The van der Waals surface area contributed by atoms with Crippen molar-refractivity contribution < 1.29 is 0 Å². The summed E-state index contributed by atoms with van der Waals surface area (Å²) in [5, 5.41) is 12.2. The molecule has 4 nitrogen and oxygen atoms in total. The summed E-state index contributed by atoms with van der Waals surface area (Å²) in [4.78, 5) is 1.68. The Labute approximate surface area is 113 Å². The normalized spacial score (nSPS) is 14.7. The van der Waals surface area contributed by atoms with Crippen LogP contribution in [0.3, 0.4) is 0 Å².